The molecule has 2 heteroatoms. The van der Waals surface area contributed by atoms with E-state index in [9.17, 15) is 5.11 Å². The molecule has 90 valence electrons. The molecule has 2 N–H and O–H groups in total. The third-order valence-corrected chi connectivity index (χ3v) is 2.94. The molecule has 2 nitrogen and oxygen atoms in total. The Morgan fingerprint density at radius 1 is 1.00 bits per heavy atom. The van der Waals surface area contributed by atoms with Crippen molar-refractivity contribution >= 4 is 5.71 Å². The lowest BCUT2D eigenvalue weighted by atomic mass is 9.74. The zero-order valence-electron chi connectivity index (χ0n) is 11.2. The first-order valence-electron chi connectivity index (χ1n) is 5.74. The lowest BCUT2D eigenvalue weighted by Crippen LogP contribution is -2.32. The average Bonchev–Trinajstić information content (AvgIpc) is 2.05. The summed E-state index contributed by atoms with van der Waals surface area (Å²) in [5, 5.41) is 17.9. The minimum absolute atomic E-state index is 0.0168. The van der Waals surface area contributed by atoms with Crippen molar-refractivity contribution in [1.82, 2.24) is 0 Å². The fourth-order valence-corrected chi connectivity index (χ4v) is 1.76. The average molecular weight is 221 g/mol. The molecule has 0 aromatic heterocycles. The molecule has 0 aromatic carbocycles. The zero-order valence-corrected chi connectivity index (χ0v) is 11.2. The summed E-state index contributed by atoms with van der Waals surface area (Å²) in [6, 6.07) is 0. The third kappa shape index (κ3) is 2.62. The number of allylic oxidation sites excluding steroid dienone is 2. The minimum Gasteiger partial charge on any atom is -0.382 e. The summed E-state index contributed by atoms with van der Waals surface area (Å²) >= 11 is 0. The van der Waals surface area contributed by atoms with Crippen molar-refractivity contribution in [2.24, 2.45) is 10.8 Å². The first-order valence-corrected chi connectivity index (χ1v) is 5.74. The van der Waals surface area contributed by atoms with Gasteiger partial charge in [0, 0.05) is 0 Å². The number of hydrogen-bond donors (Lipinski definition) is 2. The quantitative estimate of drug-likeness (QED) is 0.647. The van der Waals surface area contributed by atoms with Crippen molar-refractivity contribution in [2.75, 3.05) is 0 Å². The summed E-state index contributed by atoms with van der Waals surface area (Å²) in [5.41, 5.74) is 2.27. The summed E-state index contributed by atoms with van der Waals surface area (Å²) in [4.78, 5) is 0. The van der Waals surface area contributed by atoms with E-state index in [0.717, 1.165) is 11.1 Å². The molecular formula is C14H23NO. The highest BCUT2D eigenvalue weighted by atomic mass is 16.3. The third-order valence-electron chi connectivity index (χ3n) is 2.94. The monoisotopic (exact) mass is 221 g/mol. The number of aliphatic hydroxyl groups is 1. The van der Waals surface area contributed by atoms with Crippen LogP contribution in [0, 0.1) is 16.2 Å². The van der Waals surface area contributed by atoms with Crippen LogP contribution >= 0.6 is 0 Å². The minimum atomic E-state index is -0.744. The maximum absolute atomic E-state index is 10.0. The van der Waals surface area contributed by atoms with Gasteiger partial charge in [-0.05, 0) is 28.1 Å². The molecule has 0 fully saturated rings. The number of nitrogens with one attached hydrogen (secondary N) is 1. The van der Waals surface area contributed by atoms with Crippen LogP contribution in [0.4, 0.5) is 0 Å². The van der Waals surface area contributed by atoms with Crippen LogP contribution in [0.3, 0.4) is 0 Å². The maximum Gasteiger partial charge on any atom is 0.117 e. The molecule has 1 rings (SSSR count). The highest BCUT2D eigenvalue weighted by molar-refractivity contribution is 6.00. The zero-order chi connectivity index (χ0) is 12.7. The number of hydrogen-bond acceptors (Lipinski definition) is 2. The molecule has 0 radical (unpaired) electrons. The fourth-order valence-electron chi connectivity index (χ4n) is 1.76. The molecule has 0 aliphatic heterocycles. The van der Waals surface area contributed by atoms with E-state index >= 15 is 0 Å². The van der Waals surface area contributed by atoms with Gasteiger partial charge in [-0.25, -0.2) is 0 Å². The standard InChI is InChI=1S/C14H23NO/c1-13(2,3)9-7-10(14(4,5)6)12(16)11(15)8-9/h7-8,12,15-16H,1-6H3. The number of aliphatic hydroxyl groups excluding tert-OH is 1. The summed E-state index contributed by atoms with van der Waals surface area (Å²) in [7, 11) is 0. The van der Waals surface area contributed by atoms with Crippen LogP contribution < -0.4 is 0 Å². The normalized spacial score (nSPS) is 22.9. The number of rotatable bonds is 0. The van der Waals surface area contributed by atoms with E-state index in [4.69, 9.17) is 5.41 Å². The molecule has 0 spiro atoms. The molecule has 1 aliphatic rings. The van der Waals surface area contributed by atoms with Gasteiger partial charge in [0.05, 0.1) is 5.71 Å². The molecule has 0 saturated carbocycles. The second-order valence-corrected chi connectivity index (χ2v) is 6.56. The van der Waals surface area contributed by atoms with Crippen LogP contribution in [-0.2, 0) is 0 Å². The van der Waals surface area contributed by atoms with Crippen LogP contribution in [0.1, 0.15) is 41.5 Å². The van der Waals surface area contributed by atoms with Gasteiger partial charge in [0.15, 0.2) is 0 Å². The topological polar surface area (TPSA) is 44.1 Å². The largest absolute Gasteiger partial charge is 0.382 e. The van der Waals surface area contributed by atoms with Crippen molar-refractivity contribution in [2.45, 2.75) is 47.6 Å². The van der Waals surface area contributed by atoms with Gasteiger partial charge in [0.25, 0.3) is 0 Å². The predicted molar refractivity (Wildman–Crippen MR) is 68.8 cm³/mol. The Labute approximate surface area is 98.6 Å². The van der Waals surface area contributed by atoms with Crippen molar-refractivity contribution in [3.63, 3.8) is 0 Å². The van der Waals surface area contributed by atoms with Gasteiger partial charge < -0.3 is 10.5 Å². The van der Waals surface area contributed by atoms with E-state index in [-0.39, 0.29) is 10.8 Å². The smallest absolute Gasteiger partial charge is 0.117 e. The summed E-state index contributed by atoms with van der Waals surface area (Å²) < 4.78 is 0. The molecule has 0 heterocycles. The van der Waals surface area contributed by atoms with E-state index < -0.39 is 6.10 Å². The Morgan fingerprint density at radius 3 is 1.88 bits per heavy atom. The van der Waals surface area contributed by atoms with Crippen LogP contribution in [0.25, 0.3) is 0 Å². The molecule has 1 unspecified atom stereocenters. The highest BCUT2D eigenvalue weighted by Crippen LogP contribution is 2.37. The van der Waals surface area contributed by atoms with Gasteiger partial charge in [0.1, 0.15) is 6.10 Å². The lowest BCUT2D eigenvalue weighted by Gasteiger charge is -2.33. The summed E-state index contributed by atoms with van der Waals surface area (Å²) in [5.74, 6) is 0. The van der Waals surface area contributed by atoms with E-state index in [2.05, 4.69) is 47.6 Å². The first kappa shape index (κ1) is 13.2. The predicted octanol–water partition coefficient (Wildman–Crippen LogP) is 3.33. The van der Waals surface area contributed by atoms with Gasteiger partial charge in [-0.2, -0.15) is 0 Å². The van der Waals surface area contributed by atoms with Crippen molar-refractivity contribution in [1.29, 1.82) is 5.41 Å². The Morgan fingerprint density at radius 2 is 1.50 bits per heavy atom. The highest BCUT2D eigenvalue weighted by Gasteiger charge is 2.31. The Kier molecular flexibility index (Phi) is 3.17. The lowest BCUT2D eigenvalue weighted by molar-refractivity contribution is 0.243. The van der Waals surface area contributed by atoms with E-state index in [1.54, 1.807) is 6.08 Å². The van der Waals surface area contributed by atoms with Crippen LogP contribution in [0.15, 0.2) is 23.3 Å². The maximum atomic E-state index is 10.0. The molecule has 0 bridgehead atoms. The molecule has 16 heavy (non-hydrogen) atoms. The molecule has 0 amide bonds. The van der Waals surface area contributed by atoms with Crippen molar-refractivity contribution < 1.29 is 5.11 Å². The Balaban J connectivity index is 3.23. The van der Waals surface area contributed by atoms with Gasteiger partial charge >= 0.3 is 0 Å². The first-order chi connectivity index (χ1) is 7.03. The summed E-state index contributed by atoms with van der Waals surface area (Å²) in [6.45, 7) is 12.6. The fraction of sp³-hybridized carbons (Fsp3) is 0.643. The molecular weight excluding hydrogens is 198 g/mol. The van der Waals surface area contributed by atoms with Crippen molar-refractivity contribution in [3.8, 4) is 0 Å². The second-order valence-electron chi connectivity index (χ2n) is 6.56. The summed E-state index contributed by atoms with van der Waals surface area (Å²) in [6.07, 6.45) is 3.11. The van der Waals surface area contributed by atoms with Gasteiger partial charge in [-0.15, -0.1) is 0 Å². The van der Waals surface area contributed by atoms with Gasteiger partial charge in [0.2, 0.25) is 0 Å². The molecule has 0 aromatic rings. The molecule has 0 saturated heterocycles. The van der Waals surface area contributed by atoms with Crippen molar-refractivity contribution in [3.05, 3.63) is 23.3 Å². The Hall–Kier alpha value is -0.890. The van der Waals surface area contributed by atoms with Crippen LogP contribution in [0.2, 0.25) is 0 Å². The van der Waals surface area contributed by atoms with E-state index in [1.165, 1.54) is 0 Å². The van der Waals surface area contributed by atoms with E-state index in [0.29, 0.717) is 5.71 Å². The second kappa shape index (κ2) is 3.85. The van der Waals surface area contributed by atoms with Gasteiger partial charge in [-0.1, -0.05) is 47.6 Å². The Bertz CT molecular complexity index is 361. The SMILES string of the molecule is CC(C)(C)C1=CC(=N)C(O)C(C(C)(C)C)=C1. The van der Waals surface area contributed by atoms with Crippen LogP contribution in [-0.4, -0.2) is 16.9 Å². The van der Waals surface area contributed by atoms with E-state index in [1.807, 2.05) is 0 Å². The van der Waals surface area contributed by atoms with Crippen LogP contribution in [0.5, 0.6) is 0 Å². The molecule has 1 aliphatic carbocycles. The molecule has 1 atom stereocenters. The van der Waals surface area contributed by atoms with Gasteiger partial charge in [-0.3, -0.25) is 0 Å².